The lowest BCUT2D eigenvalue weighted by Crippen LogP contribution is -2.19. The number of amides is 1. The lowest BCUT2D eigenvalue weighted by atomic mass is 10.1. The van der Waals surface area contributed by atoms with E-state index in [9.17, 15) is 4.79 Å². The number of ether oxygens (including phenoxy) is 1. The second-order valence-electron chi connectivity index (χ2n) is 3.05. The molecule has 1 aromatic rings. The predicted molar refractivity (Wildman–Crippen MR) is 65.9 cm³/mol. The second kappa shape index (κ2) is 5.32. The summed E-state index contributed by atoms with van der Waals surface area (Å²) in [5.41, 5.74) is 0.594. The molecule has 1 amide bonds. The molecule has 0 bridgehead atoms. The second-order valence-corrected chi connectivity index (χ2v) is 4.24. The first-order valence-electron chi connectivity index (χ1n) is 4.16. The molecule has 1 N–H and O–H groups in total. The molecule has 1 atom stereocenters. The number of nitrogens with one attached hydrogen (secondary N) is 1. The van der Waals surface area contributed by atoms with Crippen molar-refractivity contribution in [3.63, 3.8) is 0 Å². The summed E-state index contributed by atoms with van der Waals surface area (Å²) in [6.07, 6.45) is -0.480. The van der Waals surface area contributed by atoms with Gasteiger partial charge in [0.05, 0.1) is 16.1 Å². The van der Waals surface area contributed by atoms with E-state index in [1.807, 2.05) is 0 Å². The number of hydrogen-bond donors (Lipinski definition) is 1. The van der Waals surface area contributed by atoms with Crippen LogP contribution in [0.1, 0.15) is 11.6 Å². The van der Waals surface area contributed by atoms with Crippen molar-refractivity contribution < 1.29 is 9.53 Å². The normalized spacial score (nSPS) is 18.7. The molecule has 0 unspecified atom stereocenters. The summed E-state index contributed by atoms with van der Waals surface area (Å²) in [6, 6.07) is 2.90. The van der Waals surface area contributed by atoms with Gasteiger partial charge in [0.2, 0.25) is 0 Å². The maximum Gasteiger partial charge on any atom is 0.407 e. The van der Waals surface area contributed by atoms with Crippen molar-refractivity contribution in [3.05, 3.63) is 32.8 Å². The largest absolute Gasteiger partial charge is 0.447 e. The van der Waals surface area contributed by atoms with Crippen LogP contribution < -0.4 is 5.32 Å². The fourth-order valence-corrected chi connectivity index (χ4v) is 2.20. The quantitative estimate of drug-likeness (QED) is 0.800. The van der Waals surface area contributed by atoms with E-state index in [4.69, 9.17) is 39.5 Å². The van der Waals surface area contributed by atoms with Gasteiger partial charge in [0.15, 0.2) is 0 Å². The highest BCUT2D eigenvalue weighted by atomic mass is 35.5. The highest BCUT2D eigenvalue weighted by molar-refractivity contribution is 6.44. The van der Waals surface area contributed by atoms with Crippen LogP contribution in [0.2, 0.25) is 15.1 Å². The van der Waals surface area contributed by atoms with Crippen LogP contribution in [0.15, 0.2) is 12.1 Å². The Morgan fingerprint density at radius 1 is 1.25 bits per heavy atom. The highest BCUT2D eigenvalue weighted by Crippen LogP contribution is 2.36. The Morgan fingerprint density at radius 3 is 2.44 bits per heavy atom. The van der Waals surface area contributed by atoms with E-state index in [1.165, 1.54) is 0 Å². The first-order valence-corrected chi connectivity index (χ1v) is 5.29. The summed E-state index contributed by atoms with van der Waals surface area (Å²) < 4.78 is 4.76. The van der Waals surface area contributed by atoms with Crippen LogP contribution in [0.3, 0.4) is 0 Å². The molecule has 1 aromatic carbocycles. The Labute approximate surface area is 113 Å². The van der Waals surface area contributed by atoms with Gasteiger partial charge in [-0.1, -0.05) is 34.8 Å². The molecule has 1 aliphatic heterocycles. The van der Waals surface area contributed by atoms with Crippen LogP contribution in [-0.2, 0) is 4.74 Å². The Morgan fingerprint density at radius 2 is 1.88 bits per heavy atom. The molecular formula is C9H7Cl4NO2. The topological polar surface area (TPSA) is 38.3 Å². The Kier molecular flexibility index (Phi) is 4.56. The first-order chi connectivity index (χ1) is 7.09. The molecule has 0 aromatic heterocycles. The summed E-state index contributed by atoms with van der Waals surface area (Å²) in [7, 11) is 0. The van der Waals surface area contributed by atoms with Crippen molar-refractivity contribution >= 4 is 53.3 Å². The number of alkyl carbamates (subject to hydrolysis) is 1. The molecule has 0 radical (unpaired) electrons. The Hall–Kier alpha value is -0.350. The van der Waals surface area contributed by atoms with Gasteiger partial charge in [-0.15, -0.1) is 12.4 Å². The maximum atomic E-state index is 10.9. The number of hydrogen-bond acceptors (Lipinski definition) is 2. The molecule has 16 heavy (non-hydrogen) atoms. The van der Waals surface area contributed by atoms with Gasteiger partial charge in [0.1, 0.15) is 6.61 Å². The molecule has 0 spiro atoms. The average Bonchev–Trinajstić information content (AvgIpc) is 2.59. The molecule has 0 saturated carbocycles. The van der Waals surface area contributed by atoms with Crippen molar-refractivity contribution in [2.45, 2.75) is 6.04 Å². The molecule has 88 valence electrons. The number of rotatable bonds is 1. The molecule has 2 rings (SSSR count). The molecule has 1 saturated heterocycles. The smallest absolute Gasteiger partial charge is 0.407 e. The summed E-state index contributed by atoms with van der Waals surface area (Å²) in [4.78, 5) is 10.9. The van der Waals surface area contributed by atoms with E-state index in [1.54, 1.807) is 12.1 Å². The van der Waals surface area contributed by atoms with Gasteiger partial charge in [-0.2, -0.15) is 0 Å². The van der Waals surface area contributed by atoms with Crippen LogP contribution in [-0.4, -0.2) is 12.7 Å². The third-order valence-electron chi connectivity index (χ3n) is 2.10. The molecule has 1 fully saturated rings. The van der Waals surface area contributed by atoms with Crippen LogP contribution in [0, 0.1) is 0 Å². The minimum absolute atomic E-state index is 0. The maximum absolute atomic E-state index is 10.9. The number of carbonyl (C=O) groups excluding carboxylic acids is 1. The molecular weight excluding hydrogens is 296 g/mol. The van der Waals surface area contributed by atoms with Gasteiger partial charge in [-0.05, 0) is 12.1 Å². The molecule has 3 nitrogen and oxygen atoms in total. The lowest BCUT2D eigenvalue weighted by molar-refractivity contribution is 0.177. The van der Waals surface area contributed by atoms with Gasteiger partial charge in [-0.25, -0.2) is 4.79 Å². The third-order valence-corrected chi connectivity index (χ3v) is 3.25. The van der Waals surface area contributed by atoms with Crippen molar-refractivity contribution in [1.82, 2.24) is 5.32 Å². The van der Waals surface area contributed by atoms with Gasteiger partial charge in [-0.3, -0.25) is 0 Å². The number of benzene rings is 1. The molecule has 7 heteroatoms. The van der Waals surface area contributed by atoms with Gasteiger partial charge in [0, 0.05) is 10.6 Å². The van der Waals surface area contributed by atoms with Gasteiger partial charge < -0.3 is 10.1 Å². The predicted octanol–water partition coefficient (Wildman–Crippen LogP) is 3.85. The fourth-order valence-electron chi connectivity index (χ4n) is 1.40. The van der Waals surface area contributed by atoms with Crippen LogP contribution in [0.5, 0.6) is 0 Å². The van der Waals surface area contributed by atoms with E-state index in [2.05, 4.69) is 5.32 Å². The van der Waals surface area contributed by atoms with Crippen molar-refractivity contribution in [2.24, 2.45) is 0 Å². The summed E-state index contributed by atoms with van der Waals surface area (Å²) >= 11 is 17.8. The fraction of sp³-hybridized carbons (Fsp3) is 0.222. The average molecular weight is 303 g/mol. The highest BCUT2D eigenvalue weighted by Gasteiger charge is 2.28. The van der Waals surface area contributed by atoms with Crippen molar-refractivity contribution in [1.29, 1.82) is 0 Å². The number of halogens is 4. The summed E-state index contributed by atoms with van der Waals surface area (Å²) in [5, 5.41) is 3.80. The number of cyclic esters (lactones) is 1. The molecule has 0 aliphatic carbocycles. The summed E-state index contributed by atoms with van der Waals surface area (Å²) in [6.45, 7) is 0.207. The zero-order valence-corrected chi connectivity index (χ0v) is 10.9. The van der Waals surface area contributed by atoms with E-state index in [0.717, 1.165) is 0 Å². The number of carbonyl (C=O) groups is 1. The van der Waals surface area contributed by atoms with Crippen LogP contribution >= 0.6 is 47.2 Å². The minimum atomic E-state index is -0.480. The van der Waals surface area contributed by atoms with Crippen LogP contribution in [0.4, 0.5) is 4.79 Å². The van der Waals surface area contributed by atoms with E-state index in [0.29, 0.717) is 20.6 Å². The van der Waals surface area contributed by atoms with E-state index >= 15 is 0 Å². The standard InChI is InChI=1S/C9H6Cl3NO2.ClH/c10-4-1-2-5(11)8(12)7(4)6-3-15-9(14)13-6;/h1-2,6H,3H2,(H,13,14);1H/t6-;/m1./s1. The molecule has 1 aliphatic rings. The van der Waals surface area contributed by atoms with Gasteiger partial charge in [0.25, 0.3) is 0 Å². The third kappa shape index (κ3) is 2.48. The van der Waals surface area contributed by atoms with Crippen molar-refractivity contribution in [2.75, 3.05) is 6.61 Å². The van der Waals surface area contributed by atoms with Gasteiger partial charge >= 0.3 is 6.09 Å². The molecule has 1 heterocycles. The zero-order chi connectivity index (χ0) is 11.0. The van der Waals surface area contributed by atoms with E-state index < -0.39 is 6.09 Å². The van der Waals surface area contributed by atoms with E-state index in [-0.39, 0.29) is 25.1 Å². The lowest BCUT2D eigenvalue weighted by Gasteiger charge is -2.12. The first kappa shape index (κ1) is 13.7. The Balaban J connectivity index is 0.00000128. The summed E-state index contributed by atoms with van der Waals surface area (Å²) in [5.74, 6) is 0. The van der Waals surface area contributed by atoms with Crippen molar-refractivity contribution in [3.8, 4) is 0 Å². The minimum Gasteiger partial charge on any atom is -0.447 e. The monoisotopic (exact) mass is 301 g/mol. The zero-order valence-electron chi connectivity index (χ0n) is 7.80. The SMILES string of the molecule is Cl.O=C1N[C@@H](c2c(Cl)ccc(Cl)c2Cl)CO1. The van der Waals surface area contributed by atoms with Crippen LogP contribution in [0.25, 0.3) is 0 Å². The Bertz CT molecular complexity index is 424.